The molecule has 0 aliphatic carbocycles. The molecule has 0 bridgehead atoms. The van der Waals surface area contributed by atoms with E-state index in [-0.39, 0.29) is 28.6 Å². The van der Waals surface area contributed by atoms with Crippen LogP contribution in [0.4, 0.5) is 5.69 Å². The van der Waals surface area contributed by atoms with Crippen molar-refractivity contribution in [2.45, 2.75) is 19.3 Å². The minimum Gasteiger partial charge on any atom is -0.445 e. The molecule has 2 aromatic rings. The van der Waals surface area contributed by atoms with Crippen LogP contribution < -0.4 is 11.1 Å². The van der Waals surface area contributed by atoms with Crippen LogP contribution in [0, 0.1) is 18.3 Å². The summed E-state index contributed by atoms with van der Waals surface area (Å²) in [4.78, 5) is 26.9. The zero-order chi connectivity index (χ0) is 20.1. The van der Waals surface area contributed by atoms with Gasteiger partial charge in [0.15, 0.2) is 5.78 Å². The summed E-state index contributed by atoms with van der Waals surface area (Å²) in [7, 11) is 0. The molecule has 0 saturated heterocycles. The first kappa shape index (κ1) is 17.6. The summed E-state index contributed by atoms with van der Waals surface area (Å²) in [6, 6.07) is 16.0. The first-order valence-electron chi connectivity index (χ1n) is 8.73. The van der Waals surface area contributed by atoms with Crippen LogP contribution in [0.3, 0.4) is 0 Å². The summed E-state index contributed by atoms with van der Waals surface area (Å²) >= 11 is 0. The van der Waals surface area contributed by atoms with Crippen LogP contribution in [0.1, 0.15) is 28.4 Å². The Morgan fingerprint density at radius 1 is 1.14 bits per heavy atom. The number of carbonyl (C=O) groups excluding carboxylic acids is 2. The SMILES string of the molecule is CC1=C(C(=O)c2ccccc2)C2(C(=O)Nc3c(C)cccc32)C(C#N)=C(N)O1. The predicted octanol–water partition coefficient (Wildman–Crippen LogP) is 3.07. The van der Waals surface area contributed by atoms with E-state index in [0.717, 1.165) is 5.56 Å². The molecule has 0 radical (unpaired) electrons. The highest BCUT2D eigenvalue weighted by Gasteiger charge is 2.59. The second kappa shape index (κ2) is 6.10. The summed E-state index contributed by atoms with van der Waals surface area (Å²) in [6.07, 6.45) is 0. The normalized spacial score (nSPS) is 20.5. The van der Waals surface area contributed by atoms with E-state index < -0.39 is 11.3 Å². The second-order valence-corrected chi connectivity index (χ2v) is 6.78. The van der Waals surface area contributed by atoms with Crippen LogP contribution in [0.25, 0.3) is 0 Å². The van der Waals surface area contributed by atoms with Gasteiger partial charge >= 0.3 is 0 Å². The Morgan fingerprint density at radius 3 is 2.54 bits per heavy atom. The Balaban J connectivity index is 2.08. The van der Waals surface area contributed by atoms with Crippen LogP contribution in [-0.2, 0) is 14.9 Å². The molecule has 2 heterocycles. The number of hydrogen-bond donors (Lipinski definition) is 2. The lowest BCUT2D eigenvalue weighted by molar-refractivity contribution is -0.118. The Morgan fingerprint density at radius 2 is 1.86 bits per heavy atom. The number of ketones is 1. The van der Waals surface area contributed by atoms with Crippen LogP contribution in [0.5, 0.6) is 0 Å². The molecular weight excluding hydrogens is 354 g/mol. The maximum atomic E-state index is 13.5. The number of rotatable bonds is 2. The van der Waals surface area contributed by atoms with Gasteiger partial charge in [0.25, 0.3) is 0 Å². The summed E-state index contributed by atoms with van der Waals surface area (Å²) in [6.45, 7) is 3.44. The van der Waals surface area contributed by atoms with Crippen LogP contribution in [0.15, 0.2) is 71.3 Å². The third-order valence-electron chi connectivity index (χ3n) is 5.24. The van der Waals surface area contributed by atoms with E-state index in [9.17, 15) is 14.9 Å². The average molecular weight is 371 g/mol. The third-order valence-corrected chi connectivity index (χ3v) is 5.24. The van der Waals surface area contributed by atoms with Crippen molar-refractivity contribution < 1.29 is 14.3 Å². The number of amides is 1. The number of anilines is 1. The molecule has 4 rings (SSSR count). The Bertz CT molecular complexity index is 1140. The first-order chi connectivity index (χ1) is 13.4. The van der Waals surface area contributed by atoms with Crippen molar-refractivity contribution >= 4 is 17.4 Å². The number of ether oxygens (including phenoxy) is 1. The van der Waals surface area contributed by atoms with Gasteiger partial charge in [0.2, 0.25) is 11.8 Å². The topological polar surface area (TPSA) is 105 Å². The highest BCUT2D eigenvalue weighted by Crippen LogP contribution is 2.53. The molecule has 138 valence electrons. The molecule has 2 aromatic carbocycles. The number of nitrogens with zero attached hydrogens (tertiary/aromatic N) is 1. The number of fused-ring (bicyclic) bond motifs is 2. The van der Waals surface area contributed by atoms with Crippen molar-refractivity contribution in [1.82, 2.24) is 0 Å². The van der Waals surface area contributed by atoms with Crippen molar-refractivity contribution in [2.24, 2.45) is 5.73 Å². The van der Waals surface area contributed by atoms with Crippen molar-refractivity contribution in [3.05, 3.63) is 88.0 Å². The minimum atomic E-state index is -1.64. The van der Waals surface area contributed by atoms with Crippen molar-refractivity contribution in [3.8, 4) is 6.07 Å². The molecule has 2 aliphatic heterocycles. The van der Waals surface area contributed by atoms with Gasteiger partial charge in [-0.05, 0) is 19.4 Å². The number of benzene rings is 2. The fraction of sp³-hybridized carbons (Fsp3) is 0.136. The smallest absolute Gasteiger partial charge is 0.245 e. The molecule has 0 fully saturated rings. The predicted molar refractivity (Wildman–Crippen MR) is 103 cm³/mol. The number of nitrogens with two attached hydrogens (primary N) is 1. The van der Waals surface area contributed by atoms with E-state index in [2.05, 4.69) is 5.32 Å². The summed E-state index contributed by atoms with van der Waals surface area (Å²) in [5.41, 5.74) is 6.71. The Labute approximate surface area is 161 Å². The number of Topliss-reactive ketones (excluding diaryl/α,β-unsaturated/α-hetero) is 1. The van der Waals surface area contributed by atoms with E-state index in [0.29, 0.717) is 16.8 Å². The molecule has 1 unspecified atom stereocenters. The molecule has 1 amide bonds. The molecule has 1 atom stereocenters. The van der Waals surface area contributed by atoms with Gasteiger partial charge in [-0.1, -0.05) is 48.5 Å². The number of carbonyl (C=O) groups is 2. The molecule has 0 aromatic heterocycles. The van der Waals surface area contributed by atoms with Gasteiger partial charge < -0.3 is 15.8 Å². The van der Waals surface area contributed by atoms with Crippen molar-refractivity contribution in [2.75, 3.05) is 5.32 Å². The first-order valence-corrected chi connectivity index (χ1v) is 8.73. The van der Waals surface area contributed by atoms with E-state index in [1.807, 2.05) is 19.1 Å². The fourth-order valence-corrected chi connectivity index (χ4v) is 4.02. The van der Waals surface area contributed by atoms with E-state index in [1.165, 1.54) is 0 Å². The van der Waals surface area contributed by atoms with E-state index in [4.69, 9.17) is 10.5 Å². The second-order valence-electron chi connectivity index (χ2n) is 6.78. The number of allylic oxidation sites excluding steroid dienone is 1. The van der Waals surface area contributed by atoms with E-state index >= 15 is 0 Å². The average Bonchev–Trinajstić information content (AvgIpc) is 2.96. The standard InChI is InChI=1S/C22H17N3O3/c1-12-7-6-10-15-18(12)25-21(27)22(15)16(11-23)20(24)28-13(2)17(22)19(26)14-8-4-3-5-9-14/h3-10H,24H2,1-2H3,(H,25,27). The van der Waals surface area contributed by atoms with Gasteiger partial charge in [0.05, 0.1) is 5.57 Å². The lowest BCUT2D eigenvalue weighted by atomic mass is 9.66. The minimum absolute atomic E-state index is 0.0840. The van der Waals surface area contributed by atoms with Crippen LogP contribution in [-0.4, -0.2) is 11.7 Å². The number of hydrogen-bond acceptors (Lipinski definition) is 5. The van der Waals surface area contributed by atoms with Gasteiger partial charge in [-0.2, -0.15) is 5.26 Å². The number of para-hydroxylation sites is 1. The largest absolute Gasteiger partial charge is 0.445 e. The summed E-state index contributed by atoms with van der Waals surface area (Å²) in [5, 5.41) is 12.7. The molecular formula is C22H17N3O3. The molecule has 1 spiro atoms. The van der Waals surface area contributed by atoms with Gasteiger partial charge in [0.1, 0.15) is 22.8 Å². The zero-order valence-electron chi connectivity index (χ0n) is 15.4. The van der Waals surface area contributed by atoms with Gasteiger partial charge in [-0.25, -0.2) is 0 Å². The highest BCUT2D eigenvalue weighted by atomic mass is 16.5. The molecule has 2 aliphatic rings. The zero-order valence-corrected chi connectivity index (χ0v) is 15.4. The lowest BCUT2D eigenvalue weighted by Gasteiger charge is -2.34. The lowest BCUT2D eigenvalue weighted by Crippen LogP contribution is -2.45. The monoisotopic (exact) mass is 371 g/mol. The van der Waals surface area contributed by atoms with Crippen LogP contribution in [0.2, 0.25) is 0 Å². The summed E-state index contributed by atoms with van der Waals surface area (Å²) in [5.74, 6) is -0.843. The quantitative estimate of drug-likeness (QED) is 0.789. The molecule has 6 nitrogen and oxygen atoms in total. The molecule has 3 N–H and O–H groups in total. The molecule has 0 saturated carbocycles. The highest BCUT2D eigenvalue weighted by molar-refractivity contribution is 6.22. The Kier molecular flexibility index (Phi) is 3.83. The maximum Gasteiger partial charge on any atom is 0.245 e. The van der Waals surface area contributed by atoms with Crippen molar-refractivity contribution in [3.63, 3.8) is 0 Å². The van der Waals surface area contributed by atoms with Gasteiger partial charge in [-0.15, -0.1) is 0 Å². The van der Waals surface area contributed by atoms with E-state index in [1.54, 1.807) is 49.4 Å². The fourth-order valence-electron chi connectivity index (χ4n) is 4.02. The van der Waals surface area contributed by atoms with Gasteiger partial charge in [-0.3, -0.25) is 9.59 Å². The third kappa shape index (κ3) is 2.13. The number of nitriles is 1. The molecule has 6 heteroatoms. The van der Waals surface area contributed by atoms with Gasteiger partial charge in [0, 0.05) is 16.8 Å². The maximum absolute atomic E-state index is 13.5. The summed E-state index contributed by atoms with van der Waals surface area (Å²) < 4.78 is 5.54. The van der Waals surface area contributed by atoms with Crippen molar-refractivity contribution in [1.29, 1.82) is 5.26 Å². The number of aryl methyl sites for hydroxylation is 1. The Hall–Kier alpha value is -3.85. The van der Waals surface area contributed by atoms with Crippen LogP contribution >= 0.6 is 0 Å². The number of nitrogens with one attached hydrogen (secondary N) is 1. The molecule has 28 heavy (non-hydrogen) atoms.